The van der Waals surface area contributed by atoms with E-state index in [0.717, 1.165) is 70.6 Å². The first-order chi connectivity index (χ1) is 26.7. The second-order valence-corrected chi connectivity index (χ2v) is 16.5. The van der Waals surface area contributed by atoms with Gasteiger partial charge in [-0.1, -0.05) is 127 Å². The Balaban J connectivity index is 2.37. The summed E-state index contributed by atoms with van der Waals surface area (Å²) in [6.45, 7) is 11.2. The number of piperidine rings is 1. The van der Waals surface area contributed by atoms with E-state index in [2.05, 4.69) is 62.5 Å². The van der Waals surface area contributed by atoms with Crippen LogP contribution >= 0.6 is 0 Å². The van der Waals surface area contributed by atoms with Crippen molar-refractivity contribution in [2.75, 3.05) is 19.7 Å². The molecule has 316 valence electrons. The Bertz CT molecular complexity index is 1080. The van der Waals surface area contributed by atoms with E-state index in [0.29, 0.717) is 38.8 Å². The minimum Gasteiger partial charge on any atom is -0.462 e. The van der Waals surface area contributed by atoms with Gasteiger partial charge in [0.2, 0.25) is 0 Å². The van der Waals surface area contributed by atoms with Gasteiger partial charge in [-0.3, -0.25) is 9.59 Å². The Kier molecular flexibility index (Phi) is 31.4. The number of allylic oxidation sites excluding steroid dienone is 8. The number of carbonyl (C=O) groups excluding carboxylic acids is 3. The third-order valence-corrected chi connectivity index (χ3v) is 10.1. The maximum Gasteiger partial charge on any atom is 0.410 e. The van der Waals surface area contributed by atoms with Gasteiger partial charge in [0.25, 0.3) is 0 Å². The van der Waals surface area contributed by atoms with E-state index < -0.39 is 11.7 Å². The van der Waals surface area contributed by atoms with Crippen molar-refractivity contribution < 1.29 is 28.6 Å². The van der Waals surface area contributed by atoms with Crippen molar-refractivity contribution in [3.63, 3.8) is 0 Å². The largest absolute Gasteiger partial charge is 0.462 e. The zero-order valence-electron chi connectivity index (χ0n) is 36.2. The minimum atomic E-state index is -0.552. The fourth-order valence-corrected chi connectivity index (χ4v) is 6.68. The van der Waals surface area contributed by atoms with Crippen LogP contribution in [0, 0.1) is 5.92 Å². The number of carbonyl (C=O) groups is 3. The summed E-state index contributed by atoms with van der Waals surface area (Å²) in [5.41, 5.74) is -0.552. The predicted octanol–water partition coefficient (Wildman–Crippen LogP) is 13.7. The molecule has 7 heteroatoms. The lowest BCUT2D eigenvalue weighted by molar-refractivity contribution is -0.164. The molecular formula is C48H83NO6. The van der Waals surface area contributed by atoms with Gasteiger partial charge >= 0.3 is 18.0 Å². The van der Waals surface area contributed by atoms with Crippen molar-refractivity contribution in [2.45, 2.75) is 213 Å². The second-order valence-electron chi connectivity index (χ2n) is 16.5. The van der Waals surface area contributed by atoms with Crippen LogP contribution in [0.25, 0.3) is 0 Å². The quantitative estimate of drug-likeness (QED) is 0.0293. The van der Waals surface area contributed by atoms with Gasteiger partial charge in [0.05, 0.1) is 0 Å². The van der Waals surface area contributed by atoms with Crippen molar-refractivity contribution in [1.29, 1.82) is 0 Å². The highest BCUT2D eigenvalue weighted by Gasteiger charge is 2.33. The Morgan fingerprint density at radius 1 is 0.582 bits per heavy atom. The van der Waals surface area contributed by atoms with E-state index in [1.54, 1.807) is 4.90 Å². The van der Waals surface area contributed by atoms with E-state index in [-0.39, 0.29) is 30.6 Å². The van der Waals surface area contributed by atoms with Crippen LogP contribution < -0.4 is 0 Å². The smallest absolute Gasteiger partial charge is 0.410 e. The van der Waals surface area contributed by atoms with Crippen molar-refractivity contribution in [3.8, 4) is 0 Å². The molecule has 1 heterocycles. The van der Waals surface area contributed by atoms with Crippen LogP contribution in [0.15, 0.2) is 48.6 Å². The molecule has 0 bridgehead atoms. The minimum absolute atomic E-state index is 0.0240. The number of hydrogen-bond acceptors (Lipinski definition) is 6. The van der Waals surface area contributed by atoms with Crippen LogP contribution in [0.2, 0.25) is 0 Å². The van der Waals surface area contributed by atoms with Gasteiger partial charge in [0.15, 0.2) is 0 Å². The number of rotatable bonds is 32. The molecule has 0 aliphatic carbocycles. The number of nitrogens with zero attached hydrogens (tertiary/aromatic N) is 1. The standard InChI is InChI=1S/C48H83NO6/c1-6-8-10-12-14-16-18-20-22-24-26-28-30-32-34-36-45(50)53-42-44(43-38-40-49(41-39-43)47(52)55-48(3,4)5)54-46(51)37-35-33-31-29-27-25-23-21-19-17-15-13-11-9-7-2/h14-17,20-23,43-44H,6-13,18-19,24-42H2,1-5H3/b16-14-,17-15-,22-20-,23-21-. The summed E-state index contributed by atoms with van der Waals surface area (Å²) in [4.78, 5) is 40.0. The molecule has 0 aromatic heterocycles. The van der Waals surface area contributed by atoms with Gasteiger partial charge in [-0.05, 0) is 111 Å². The first-order valence-electron chi connectivity index (χ1n) is 22.6. The Morgan fingerprint density at radius 3 is 1.45 bits per heavy atom. The van der Waals surface area contributed by atoms with Crippen LogP contribution in [0.3, 0.4) is 0 Å². The van der Waals surface area contributed by atoms with E-state index in [1.165, 1.54) is 70.6 Å². The molecule has 1 saturated heterocycles. The fraction of sp³-hybridized carbons (Fsp3) is 0.771. The molecule has 7 nitrogen and oxygen atoms in total. The average Bonchev–Trinajstić information content (AvgIpc) is 3.15. The Morgan fingerprint density at radius 2 is 1.00 bits per heavy atom. The third kappa shape index (κ3) is 31.0. The van der Waals surface area contributed by atoms with Crippen LogP contribution in [-0.4, -0.2) is 54.3 Å². The van der Waals surface area contributed by atoms with Crippen LogP contribution in [0.1, 0.15) is 202 Å². The molecule has 1 atom stereocenters. The highest BCUT2D eigenvalue weighted by molar-refractivity contribution is 5.70. The van der Waals surface area contributed by atoms with Crippen molar-refractivity contribution in [3.05, 3.63) is 48.6 Å². The lowest BCUT2D eigenvalue weighted by Crippen LogP contribution is -2.45. The van der Waals surface area contributed by atoms with Gasteiger partial charge in [-0.2, -0.15) is 0 Å². The number of likely N-dealkylation sites (tertiary alicyclic amines) is 1. The van der Waals surface area contributed by atoms with E-state index in [4.69, 9.17) is 14.2 Å². The highest BCUT2D eigenvalue weighted by atomic mass is 16.6. The van der Waals surface area contributed by atoms with Gasteiger partial charge in [-0.25, -0.2) is 4.79 Å². The van der Waals surface area contributed by atoms with E-state index in [9.17, 15) is 14.4 Å². The van der Waals surface area contributed by atoms with E-state index in [1.807, 2.05) is 20.8 Å². The molecule has 1 rings (SSSR count). The van der Waals surface area contributed by atoms with Gasteiger partial charge in [-0.15, -0.1) is 0 Å². The summed E-state index contributed by atoms with van der Waals surface area (Å²) in [7, 11) is 0. The zero-order chi connectivity index (χ0) is 40.2. The summed E-state index contributed by atoms with van der Waals surface area (Å²) >= 11 is 0. The Hall–Kier alpha value is -2.83. The first-order valence-corrected chi connectivity index (χ1v) is 22.6. The molecule has 0 saturated carbocycles. The highest BCUT2D eigenvalue weighted by Crippen LogP contribution is 2.26. The fourth-order valence-electron chi connectivity index (χ4n) is 6.68. The molecule has 1 fully saturated rings. The van der Waals surface area contributed by atoms with Gasteiger partial charge in [0.1, 0.15) is 18.3 Å². The number of ether oxygens (including phenoxy) is 3. The molecule has 0 spiro atoms. The first kappa shape index (κ1) is 50.2. The number of hydrogen-bond donors (Lipinski definition) is 0. The van der Waals surface area contributed by atoms with Crippen molar-refractivity contribution >= 4 is 18.0 Å². The van der Waals surface area contributed by atoms with Gasteiger partial charge in [0, 0.05) is 31.8 Å². The second kappa shape index (κ2) is 34.4. The Labute approximate surface area is 338 Å². The summed E-state index contributed by atoms with van der Waals surface area (Å²) in [6.07, 6.45) is 44.4. The van der Waals surface area contributed by atoms with Crippen LogP contribution in [0.5, 0.6) is 0 Å². The number of unbranched alkanes of at least 4 members (excludes halogenated alkanes) is 16. The average molecular weight is 770 g/mol. The molecule has 0 N–H and O–H groups in total. The molecule has 1 aliphatic rings. The van der Waals surface area contributed by atoms with E-state index >= 15 is 0 Å². The SMILES string of the molecule is CCCCC/C=C\C/C=C\CCCCCCCC(=O)OCC(OC(=O)CCCCCCC/C=C\C/C=C\CCCCC)C1CCN(C(=O)OC(C)(C)C)CC1. The third-order valence-electron chi connectivity index (χ3n) is 10.1. The molecule has 1 aliphatic heterocycles. The topological polar surface area (TPSA) is 82.1 Å². The molecule has 0 aromatic carbocycles. The molecule has 0 aromatic rings. The lowest BCUT2D eigenvalue weighted by Gasteiger charge is -2.36. The van der Waals surface area contributed by atoms with Gasteiger partial charge < -0.3 is 19.1 Å². The monoisotopic (exact) mass is 770 g/mol. The van der Waals surface area contributed by atoms with Crippen molar-refractivity contribution in [1.82, 2.24) is 4.90 Å². The maximum atomic E-state index is 13.0. The summed E-state index contributed by atoms with van der Waals surface area (Å²) in [5.74, 6) is -0.433. The van der Waals surface area contributed by atoms with Crippen LogP contribution in [0.4, 0.5) is 4.79 Å². The normalized spacial score (nSPS) is 14.8. The number of esters is 2. The number of amides is 1. The summed E-state index contributed by atoms with van der Waals surface area (Å²) in [5, 5.41) is 0. The van der Waals surface area contributed by atoms with Crippen molar-refractivity contribution in [2.24, 2.45) is 5.92 Å². The molecule has 1 amide bonds. The summed E-state index contributed by atoms with van der Waals surface area (Å²) < 4.78 is 17.3. The lowest BCUT2D eigenvalue weighted by atomic mass is 9.91. The molecule has 55 heavy (non-hydrogen) atoms. The zero-order valence-corrected chi connectivity index (χ0v) is 36.2. The molecular weight excluding hydrogens is 687 g/mol. The van der Waals surface area contributed by atoms with Crippen LogP contribution in [-0.2, 0) is 23.8 Å². The predicted molar refractivity (Wildman–Crippen MR) is 230 cm³/mol. The summed E-state index contributed by atoms with van der Waals surface area (Å²) in [6, 6.07) is 0. The maximum absolute atomic E-state index is 13.0. The molecule has 1 unspecified atom stereocenters. The molecule has 0 radical (unpaired) electrons.